The first kappa shape index (κ1) is 17.4. The van der Waals surface area contributed by atoms with Crippen LogP contribution in [0.25, 0.3) is 17.1 Å². The summed E-state index contributed by atoms with van der Waals surface area (Å²) in [5.41, 5.74) is 1.71. The van der Waals surface area contributed by atoms with E-state index in [0.717, 1.165) is 5.56 Å². The van der Waals surface area contributed by atoms with E-state index in [2.05, 4.69) is 25.7 Å². The van der Waals surface area contributed by atoms with E-state index in [1.54, 1.807) is 35.3 Å². The Morgan fingerprint density at radius 3 is 2.75 bits per heavy atom. The average molecular weight is 375 g/mol. The van der Waals surface area contributed by atoms with Crippen LogP contribution in [0.1, 0.15) is 10.5 Å². The number of carbonyl (C=O) groups is 1. The van der Waals surface area contributed by atoms with Crippen molar-refractivity contribution < 1.29 is 4.79 Å². The van der Waals surface area contributed by atoms with Crippen molar-refractivity contribution in [2.75, 3.05) is 6.54 Å². The van der Waals surface area contributed by atoms with Crippen LogP contribution in [-0.2, 0) is 6.54 Å². The van der Waals surface area contributed by atoms with Crippen LogP contribution in [0.3, 0.4) is 0 Å². The average Bonchev–Trinajstić information content (AvgIpc) is 3.42. The molecule has 1 amide bonds. The lowest BCUT2D eigenvalue weighted by Crippen LogP contribution is -2.32. The van der Waals surface area contributed by atoms with Gasteiger partial charge in [0.1, 0.15) is 5.69 Å². The maximum absolute atomic E-state index is 12.3. The van der Waals surface area contributed by atoms with E-state index in [-0.39, 0.29) is 24.6 Å². The number of amides is 1. The number of nitrogens with zero attached hydrogens (tertiary/aromatic N) is 5. The number of benzene rings is 1. The Hall–Kier alpha value is -4.01. The fourth-order valence-corrected chi connectivity index (χ4v) is 2.69. The van der Waals surface area contributed by atoms with E-state index in [1.807, 2.05) is 30.3 Å². The number of carbonyl (C=O) groups excluding carboxylic acids is 1. The molecule has 0 atom stereocenters. The van der Waals surface area contributed by atoms with Gasteiger partial charge in [-0.25, -0.2) is 9.36 Å². The molecule has 2 N–H and O–H groups in total. The second kappa shape index (κ2) is 7.70. The van der Waals surface area contributed by atoms with Gasteiger partial charge in [0.15, 0.2) is 5.82 Å². The van der Waals surface area contributed by atoms with Gasteiger partial charge < -0.3 is 5.32 Å². The lowest BCUT2D eigenvalue weighted by atomic mass is 10.1. The molecule has 9 heteroatoms. The largest absolute Gasteiger partial charge is 0.349 e. The highest BCUT2D eigenvalue weighted by Gasteiger charge is 2.11. The van der Waals surface area contributed by atoms with Crippen LogP contribution < -0.4 is 10.9 Å². The summed E-state index contributed by atoms with van der Waals surface area (Å²) in [7, 11) is 0. The van der Waals surface area contributed by atoms with E-state index >= 15 is 0 Å². The van der Waals surface area contributed by atoms with Crippen molar-refractivity contribution in [3.05, 3.63) is 83.0 Å². The zero-order valence-corrected chi connectivity index (χ0v) is 14.8. The van der Waals surface area contributed by atoms with Crippen LogP contribution in [0.2, 0.25) is 0 Å². The fourth-order valence-electron chi connectivity index (χ4n) is 2.69. The van der Waals surface area contributed by atoms with Crippen LogP contribution in [-0.4, -0.2) is 42.2 Å². The van der Waals surface area contributed by atoms with Gasteiger partial charge in [-0.2, -0.15) is 10.2 Å². The van der Waals surface area contributed by atoms with Gasteiger partial charge in [-0.3, -0.25) is 14.7 Å². The maximum atomic E-state index is 12.3. The van der Waals surface area contributed by atoms with Crippen molar-refractivity contribution in [1.82, 2.24) is 35.1 Å². The van der Waals surface area contributed by atoms with E-state index in [4.69, 9.17) is 0 Å². The molecule has 1 aromatic carbocycles. The third kappa shape index (κ3) is 3.73. The van der Waals surface area contributed by atoms with E-state index < -0.39 is 0 Å². The molecule has 28 heavy (non-hydrogen) atoms. The SMILES string of the molecule is O=C(NCCn1nc(-n2cccn2)ccc1=O)c1cc(-c2ccccc2)n[nH]1. The summed E-state index contributed by atoms with van der Waals surface area (Å²) in [5.74, 6) is 0.225. The van der Waals surface area contributed by atoms with E-state index in [1.165, 1.54) is 10.7 Å². The zero-order valence-electron chi connectivity index (χ0n) is 14.8. The second-order valence-corrected chi connectivity index (χ2v) is 5.99. The molecule has 0 fully saturated rings. The molecule has 4 rings (SSSR count). The van der Waals surface area contributed by atoms with Crippen LogP contribution >= 0.6 is 0 Å². The number of hydrogen-bond acceptors (Lipinski definition) is 5. The molecule has 0 aliphatic rings. The third-order valence-electron chi connectivity index (χ3n) is 4.09. The van der Waals surface area contributed by atoms with Gasteiger partial charge in [-0.1, -0.05) is 30.3 Å². The van der Waals surface area contributed by atoms with Crippen molar-refractivity contribution in [3.63, 3.8) is 0 Å². The first-order valence-electron chi connectivity index (χ1n) is 8.68. The van der Waals surface area contributed by atoms with Gasteiger partial charge in [-0.15, -0.1) is 5.10 Å². The summed E-state index contributed by atoms with van der Waals surface area (Å²) in [4.78, 5) is 24.3. The monoisotopic (exact) mass is 375 g/mol. The van der Waals surface area contributed by atoms with Crippen molar-refractivity contribution in [1.29, 1.82) is 0 Å². The second-order valence-electron chi connectivity index (χ2n) is 5.99. The minimum absolute atomic E-state index is 0.235. The molecule has 140 valence electrons. The van der Waals surface area contributed by atoms with Gasteiger partial charge >= 0.3 is 0 Å². The number of aromatic amines is 1. The van der Waals surface area contributed by atoms with Gasteiger partial charge in [0.2, 0.25) is 0 Å². The topological polar surface area (TPSA) is 110 Å². The Balaban J connectivity index is 1.39. The van der Waals surface area contributed by atoms with Crippen molar-refractivity contribution in [2.45, 2.75) is 6.54 Å². The molecule has 3 heterocycles. The maximum Gasteiger partial charge on any atom is 0.269 e. The molecule has 3 aromatic heterocycles. The molecule has 0 saturated carbocycles. The highest BCUT2D eigenvalue weighted by molar-refractivity contribution is 5.93. The lowest BCUT2D eigenvalue weighted by Gasteiger charge is -2.07. The Morgan fingerprint density at radius 2 is 1.96 bits per heavy atom. The smallest absolute Gasteiger partial charge is 0.269 e. The standard InChI is InChI=1S/C19H17N7O2/c27-18-8-7-17(25-11-4-9-21-25)24-26(18)12-10-20-19(28)16-13-15(22-23-16)14-5-2-1-3-6-14/h1-9,11,13H,10,12H2,(H,20,28)(H,22,23). The molecule has 0 aliphatic carbocycles. The first-order valence-corrected chi connectivity index (χ1v) is 8.68. The van der Waals surface area contributed by atoms with E-state index in [9.17, 15) is 9.59 Å². The predicted molar refractivity (Wildman–Crippen MR) is 102 cm³/mol. The Bertz CT molecular complexity index is 1130. The summed E-state index contributed by atoms with van der Waals surface area (Å²) in [6.45, 7) is 0.480. The Kier molecular flexibility index (Phi) is 4.79. The zero-order chi connectivity index (χ0) is 19.3. The number of nitrogens with one attached hydrogen (secondary N) is 2. The molecule has 4 aromatic rings. The fraction of sp³-hybridized carbons (Fsp3) is 0.105. The molecule has 0 bridgehead atoms. The van der Waals surface area contributed by atoms with Crippen LogP contribution in [0.4, 0.5) is 0 Å². The minimum Gasteiger partial charge on any atom is -0.349 e. The van der Waals surface area contributed by atoms with Gasteiger partial charge in [0.05, 0.1) is 12.2 Å². The molecular formula is C19H17N7O2. The summed E-state index contributed by atoms with van der Waals surface area (Å²) < 4.78 is 2.85. The summed E-state index contributed by atoms with van der Waals surface area (Å²) in [5, 5.41) is 18.0. The van der Waals surface area contributed by atoms with Gasteiger partial charge in [-0.05, 0) is 18.2 Å². The Morgan fingerprint density at radius 1 is 1.11 bits per heavy atom. The molecule has 9 nitrogen and oxygen atoms in total. The highest BCUT2D eigenvalue weighted by Crippen LogP contribution is 2.16. The molecule has 0 unspecified atom stereocenters. The molecular weight excluding hydrogens is 358 g/mol. The first-order chi connectivity index (χ1) is 13.7. The van der Waals surface area contributed by atoms with Crippen molar-refractivity contribution in [2.24, 2.45) is 0 Å². The van der Waals surface area contributed by atoms with Crippen LogP contribution in [0.5, 0.6) is 0 Å². The summed E-state index contributed by atoms with van der Waals surface area (Å²) in [6, 6.07) is 16.1. The van der Waals surface area contributed by atoms with Crippen molar-refractivity contribution in [3.8, 4) is 17.1 Å². The highest BCUT2D eigenvalue weighted by atomic mass is 16.2. The number of aromatic nitrogens is 6. The predicted octanol–water partition coefficient (Wildman–Crippen LogP) is 1.25. The quantitative estimate of drug-likeness (QED) is 0.527. The lowest BCUT2D eigenvalue weighted by molar-refractivity contribution is 0.0946. The minimum atomic E-state index is -0.300. The van der Waals surface area contributed by atoms with Gasteiger partial charge in [0, 0.05) is 30.6 Å². The summed E-state index contributed by atoms with van der Waals surface area (Å²) >= 11 is 0. The number of rotatable bonds is 6. The van der Waals surface area contributed by atoms with E-state index in [0.29, 0.717) is 17.2 Å². The summed E-state index contributed by atoms with van der Waals surface area (Å²) in [6.07, 6.45) is 3.37. The number of hydrogen-bond donors (Lipinski definition) is 2. The normalized spacial score (nSPS) is 10.7. The number of H-pyrrole nitrogens is 1. The van der Waals surface area contributed by atoms with Crippen LogP contribution in [0.15, 0.2) is 71.8 Å². The Labute approximate surface area is 159 Å². The van der Waals surface area contributed by atoms with Gasteiger partial charge in [0.25, 0.3) is 11.5 Å². The molecule has 0 saturated heterocycles. The molecule has 0 radical (unpaired) electrons. The molecule has 0 aliphatic heterocycles. The molecule has 0 spiro atoms. The van der Waals surface area contributed by atoms with Crippen LogP contribution in [0, 0.1) is 0 Å². The third-order valence-corrected chi connectivity index (χ3v) is 4.09. The van der Waals surface area contributed by atoms with Crippen molar-refractivity contribution >= 4 is 5.91 Å².